The average molecular weight is 354 g/mol. The fraction of sp³-hybridized carbons (Fsp3) is 0.400. The second kappa shape index (κ2) is 5.94. The summed E-state index contributed by atoms with van der Waals surface area (Å²) < 4.78 is 39.0. The van der Waals surface area contributed by atoms with Crippen LogP contribution in [-0.2, 0) is 26.1 Å². The van der Waals surface area contributed by atoms with Crippen LogP contribution in [0.15, 0.2) is 6.07 Å². The van der Waals surface area contributed by atoms with Crippen molar-refractivity contribution < 1.29 is 18.0 Å². The van der Waals surface area contributed by atoms with E-state index in [1.54, 1.807) is 0 Å². The molecule has 2 aromatic heterocycles. The highest BCUT2D eigenvalue weighted by Crippen LogP contribution is 2.38. The van der Waals surface area contributed by atoms with Crippen LogP contribution in [0.25, 0.3) is 0 Å². The van der Waals surface area contributed by atoms with Crippen molar-refractivity contribution in [1.82, 2.24) is 9.78 Å². The first-order valence-corrected chi connectivity index (χ1v) is 8.10. The number of nitrogens with one attached hydrogen (secondary N) is 1. The van der Waals surface area contributed by atoms with Gasteiger partial charge in [-0.1, -0.05) is 0 Å². The lowest BCUT2D eigenvalue weighted by atomic mass is 9.96. The number of anilines is 1. The third kappa shape index (κ3) is 2.89. The molecule has 0 fully saturated rings. The Morgan fingerprint density at radius 3 is 2.75 bits per heavy atom. The van der Waals surface area contributed by atoms with Gasteiger partial charge in [-0.2, -0.15) is 23.5 Å². The highest BCUT2D eigenvalue weighted by molar-refractivity contribution is 7.16. The standard InChI is InChI=1S/C15H13F3N4OS/c1-22-10(6-12(21-22)15(16,17)18)13(23)20-14-9(7-19)8-4-2-3-5-11(8)24-14/h6H,2-5H2,1H3,(H,20,23). The molecule has 24 heavy (non-hydrogen) atoms. The number of halogens is 3. The number of carbonyl (C=O) groups excluding carboxylic acids is 1. The summed E-state index contributed by atoms with van der Waals surface area (Å²) in [6.45, 7) is 0. The maximum atomic E-state index is 12.7. The Bertz CT molecular complexity index is 844. The zero-order valence-electron chi connectivity index (χ0n) is 12.7. The summed E-state index contributed by atoms with van der Waals surface area (Å²) >= 11 is 1.32. The summed E-state index contributed by atoms with van der Waals surface area (Å²) in [5, 5.41) is 15.6. The zero-order valence-corrected chi connectivity index (χ0v) is 13.5. The molecular formula is C15H13F3N4OS. The van der Waals surface area contributed by atoms with Crippen molar-refractivity contribution in [2.24, 2.45) is 7.05 Å². The van der Waals surface area contributed by atoms with Crippen LogP contribution in [0.2, 0.25) is 0 Å². The van der Waals surface area contributed by atoms with Gasteiger partial charge in [0.05, 0.1) is 5.56 Å². The second-order valence-corrected chi connectivity index (χ2v) is 6.62. The molecule has 2 heterocycles. The van der Waals surface area contributed by atoms with E-state index in [1.165, 1.54) is 18.4 Å². The van der Waals surface area contributed by atoms with Gasteiger partial charge in [0, 0.05) is 18.0 Å². The van der Waals surface area contributed by atoms with Crippen LogP contribution < -0.4 is 5.32 Å². The summed E-state index contributed by atoms with van der Waals surface area (Å²) in [6, 6.07) is 2.80. The van der Waals surface area contributed by atoms with Crippen LogP contribution in [0, 0.1) is 11.3 Å². The molecule has 5 nitrogen and oxygen atoms in total. The average Bonchev–Trinajstić information content (AvgIpc) is 3.06. The molecule has 0 aliphatic heterocycles. The summed E-state index contributed by atoms with van der Waals surface area (Å²) in [5.41, 5.74) is 0.0324. The Kier molecular flexibility index (Phi) is 4.09. The Balaban J connectivity index is 1.90. The van der Waals surface area contributed by atoms with Gasteiger partial charge in [-0.25, -0.2) is 0 Å². The molecule has 0 saturated heterocycles. The number of nitrogens with zero attached hydrogens (tertiary/aromatic N) is 3. The summed E-state index contributed by atoms with van der Waals surface area (Å²) in [5.74, 6) is -0.712. The Labute approximate surface area is 139 Å². The third-order valence-corrected chi connectivity index (χ3v) is 5.12. The summed E-state index contributed by atoms with van der Waals surface area (Å²) in [7, 11) is 1.27. The minimum Gasteiger partial charge on any atom is -0.311 e. The summed E-state index contributed by atoms with van der Waals surface area (Å²) in [6.07, 6.45) is -0.954. The first-order chi connectivity index (χ1) is 11.3. The number of carbonyl (C=O) groups is 1. The molecule has 0 spiro atoms. The van der Waals surface area contributed by atoms with Gasteiger partial charge in [0.25, 0.3) is 5.91 Å². The SMILES string of the molecule is Cn1nc(C(F)(F)F)cc1C(=O)Nc1sc2c(c1C#N)CCCC2. The molecular weight excluding hydrogens is 341 g/mol. The van der Waals surface area contributed by atoms with Crippen molar-refractivity contribution in [3.8, 4) is 6.07 Å². The number of alkyl halides is 3. The zero-order chi connectivity index (χ0) is 17.5. The van der Waals surface area contributed by atoms with Crippen molar-refractivity contribution in [3.05, 3.63) is 33.5 Å². The molecule has 126 valence electrons. The van der Waals surface area contributed by atoms with Crippen molar-refractivity contribution in [2.75, 3.05) is 5.32 Å². The van der Waals surface area contributed by atoms with E-state index >= 15 is 0 Å². The largest absolute Gasteiger partial charge is 0.435 e. The Morgan fingerprint density at radius 1 is 1.42 bits per heavy atom. The van der Waals surface area contributed by atoms with Gasteiger partial charge in [0.2, 0.25) is 0 Å². The molecule has 1 amide bonds. The maximum absolute atomic E-state index is 12.7. The third-order valence-electron chi connectivity index (χ3n) is 3.91. The molecule has 2 aromatic rings. The lowest BCUT2D eigenvalue weighted by Crippen LogP contribution is -2.16. The molecule has 0 bridgehead atoms. The van der Waals surface area contributed by atoms with Gasteiger partial charge in [0.1, 0.15) is 16.8 Å². The number of thiophene rings is 1. The van der Waals surface area contributed by atoms with E-state index in [4.69, 9.17) is 0 Å². The van der Waals surface area contributed by atoms with E-state index in [1.807, 2.05) is 0 Å². The molecule has 1 aliphatic carbocycles. The van der Waals surface area contributed by atoms with Crippen molar-refractivity contribution in [3.63, 3.8) is 0 Å². The molecule has 0 atom stereocenters. The van der Waals surface area contributed by atoms with Gasteiger partial charge in [-0.05, 0) is 31.2 Å². The Morgan fingerprint density at radius 2 is 2.12 bits per heavy atom. The minimum absolute atomic E-state index is 0.211. The van der Waals surface area contributed by atoms with E-state index in [0.29, 0.717) is 16.6 Å². The van der Waals surface area contributed by atoms with Crippen LogP contribution in [0.3, 0.4) is 0 Å². The van der Waals surface area contributed by atoms with Crippen LogP contribution in [0.1, 0.15) is 45.0 Å². The van der Waals surface area contributed by atoms with Crippen molar-refractivity contribution >= 4 is 22.2 Å². The number of hydrogen-bond donors (Lipinski definition) is 1. The fourth-order valence-electron chi connectivity index (χ4n) is 2.76. The van der Waals surface area contributed by atoms with E-state index < -0.39 is 17.8 Å². The van der Waals surface area contributed by atoms with Crippen LogP contribution in [0.4, 0.5) is 18.2 Å². The number of nitriles is 1. The van der Waals surface area contributed by atoms with E-state index in [0.717, 1.165) is 40.8 Å². The van der Waals surface area contributed by atoms with Gasteiger partial charge >= 0.3 is 6.18 Å². The number of fused-ring (bicyclic) bond motifs is 1. The molecule has 0 radical (unpaired) electrons. The molecule has 9 heteroatoms. The smallest absolute Gasteiger partial charge is 0.311 e. The topological polar surface area (TPSA) is 70.7 Å². The van der Waals surface area contributed by atoms with Gasteiger partial charge in [-0.3, -0.25) is 9.48 Å². The minimum atomic E-state index is -4.61. The normalized spacial score (nSPS) is 14.1. The first-order valence-electron chi connectivity index (χ1n) is 7.28. The second-order valence-electron chi connectivity index (χ2n) is 5.52. The molecule has 1 N–H and O–H groups in total. The fourth-order valence-corrected chi connectivity index (χ4v) is 3.99. The predicted molar refractivity (Wildman–Crippen MR) is 81.8 cm³/mol. The molecule has 0 saturated carbocycles. The highest BCUT2D eigenvalue weighted by atomic mass is 32.1. The van der Waals surface area contributed by atoms with E-state index in [-0.39, 0.29) is 5.69 Å². The van der Waals surface area contributed by atoms with Crippen LogP contribution in [-0.4, -0.2) is 15.7 Å². The number of rotatable bonds is 2. The number of hydrogen-bond acceptors (Lipinski definition) is 4. The van der Waals surface area contributed by atoms with Crippen LogP contribution >= 0.6 is 11.3 Å². The Hall–Kier alpha value is -2.34. The van der Waals surface area contributed by atoms with Crippen molar-refractivity contribution in [2.45, 2.75) is 31.9 Å². The van der Waals surface area contributed by atoms with Crippen LogP contribution in [0.5, 0.6) is 0 Å². The number of aromatic nitrogens is 2. The monoisotopic (exact) mass is 354 g/mol. The molecule has 1 aliphatic rings. The summed E-state index contributed by atoms with van der Waals surface area (Å²) in [4.78, 5) is 13.4. The predicted octanol–water partition coefficient (Wildman–Crippen LogP) is 3.50. The van der Waals surface area contributed by atoms with E-state index in [2.05, 4.69) is 16.5 Å². The van der Waals surface area contributed by atoms with Gasteiger partial charge in [-0.15, -0.1) is 11.3 Å². The lowest BCUT2D eigenvalue weighted by molar-refractivity contribution is -0.141. The first kappa shape index (κ1) is 16.5. The van der Waals surface area contributed by atoms with Gasteiger partial charge in [0.15, 0.2) is 5.69 Å². The molecule has 0 unspecified atom stereocenters. The highest BCUT2D eigenvalue weighted by Gasteiger charge is 2.35. The van der Waals surface area contributed by atoms with E-state index in [9.17, 15) is 23.2 Å². The molecule has 3 rings (SSSR count). The van der Waals surface area contributed by atoms with Gasteiger partial charge < -0.3 is 5.32 Å². The number of amides is 1. The lowest BCUT2D eigenvalue weighted by Gasteiger charge is -2.09. The quantitative estimate of drug-likeness (QED) is 0.897. The number of aryl methyl sites for hydroxylation is 2. The van der Waals surface area contributed by atoms with Crippen molar-refractivity contribution in [1.29, 1.82) is 5.26 Å². The maximum Gasteiger partial charge on any atom is 0.435 e. The molecule has 0 aromatic carbocycles.